The van der Waals surface area contributed by atoms with Crippen molar-refractivity contribution in [3.8, 4) is 17.0 Å². The number of ether oxygens (including phenoxy) is 1. The summed E-state index contributed by atoms with van der Waals surface area (Å²) >= 11 is 0. The number of hydrogen-bond donors (Lipinski definition) is 3. The van der Waals surface area contributed by atoms with Gasteiger partial charge in [0.2, 0.25) is 5.91 Å². The molecule has 3 N–H and O–H groups in total. The number of ketones is 1. The topological polar surface area (TPSA) is 113 Å². The first kappa shape index (κ1) is 29.0. The van der Waals surface area contributed by atoms with Crippen LogP contribution in [0.25, 0.3) is 32.9 Å². The monoisotopic (exact) mass is 588 g/mol. The fourth-order valence-electron chi connectivity index (χ4n) is 5.79. The molecule has 0 aliphatic carbocycles. The average Bonchev–Trinajstić information content (AvgIpc) is 3.81. The fraction of sp³-hybridized carbons (Fsp3) is 0.250. The van der Waals surface area contributed by atoms with Crippen LogP contribution >= 0.6 is 0 Å². The maximum atomic E-state index is 13.5. The number of amides is 1. The number of imidazole rings is 1. The minimum absolute atomic E-state index is 0.0108. The van der Waals surface area contributed by atoms with Gasteiger partial charge in [0.05, 0.1) is 37.7 Å². The molecular formula is C36H36N4O4. The van der Waals surface area contributed by atoms with Crippen LogP contribution in [0.4, 0.5) is 0 Å². The number of nitrogens with one attached hydrogen (secondary N) is 3. The number of hydrogen-bond acceptors (Lipinski definition) is 5. The van der Waals surface area contributed by atoms with E-state index in [1.807, 2.05) is 43.5 Å². The Hall–Kier alpha value is -5.11. The standard InChI is InChI=1S/C36H36N4O4/c1-23-28(29-20-27(43-2)16-17-30(29)38-23)21-35(42)39-31(11-4-3-5-12-33(41)34-13-8-18-44-34)36-37-22-32(40-36)26-15-14-24-9-6-7-10-25(24)19-26/h6-10,13-20,22,31,38H,3-5,11-12,21H2,1-2H3,(H,37,40)(H,39,42)/t31-/m0/s1. The number of aromatic nitrogens is 3. The number of carbonyl (C=O) groups excluding carboxylic acids is 2. The van der Waals surface area contributed by atoms with Crippen LogP contribution in [0.3, 0.4) is 0 Å². The third-order valence-corrected chi connectivity index (χ3v) is 8.18. The van der Waals surface area contributed by atoms with E-state index in [0.29, 0.717) is 24.4 Å². The number of methoxy groups -OCH3 is 1. The van der Waals surface area contributed by atoms with Crippen LogP contribution in [-0.4, -0.2) is 33.8 Å². The van der Waals surface area contributed by atoms with Crippen LogP contribution in [-0.2, 0) is 11.2 Å². The molecule has 1 amide bonds. The first-order chi connectivity index (χ1) is 21.5. The van der Waals surface area contributed by atoms with E-state index in [1.54, 1.807) is 19.2 Å². The molecule has 3 aromatic heterocycles. The molecule has 6 rings (SSSR count). The predicted octanol–water partition coefficient (Wildman–Crippen LogP) is 7.85. The second kappa shape index (κ2) is 13.0. The number of aromatic amines is 2. The van der Waals surface area contributed by atoms with Crippen molar-refractivity contribution in [2.45, 2.75) is 51.5 Å². The Morgan fingerprint density at radius 1 is 0.955 bits per heavy atom. The predicted molar refractivity (Wildman–Crippen MR) is 172 cm³/mol. The van der Waals surface area contributed by atoms with Gasteiger partial charge in [-0.05, 0) is 72.5 Å². The van der Waals surface area contributed by atoms with E-state index in [9.17, 15) is 9.59 Å². The van der Waals surface area contributed by atoms with Crippen molar-refractivity contribution in [3.63, 3.8) is 0 Å². The Kier molecular flexibility index (Phi) is 8.59. The first-order valence-electron chi connectivity index (χ1n) is 15.0. The lowest BCUT2D eigenvalue weighted by Gasteiger charge is -2.17. The van der Waals surface area contributed by atoms with E-state index in [2.05, 4.69) is 45.6 Å². The maximum Gasteiger partial charge on any atom is 0.225 e. The highest BCUT2D eigenvalue weighted by Crippen LogP contribution is 2.29. The highest BCUT2D eigenvalue weighted by Gasteiger charge is 2.21. The van der Waals surface area contributed by atoms with Gasteiger partial charge in [0.15, 0.2) is 11.5 Å². The lowest BCUT2D eigenvalue weighted by atomic mass is 10.0. The van der Waals surface area contributed by atoms with Gasteiger partial charge in [0.25, 0.3) is 0 Å². The van der Waals surface area contributed by atoms with Gasteiger partial charge in [-0.25, -0.2) is 4.98 Å². The number of nitrogens with zero attached hydrogens (tertiary/aromatic N) is 1. The molecule has 224 valence electrons. The Morgan fingerprint density at radius 2 is 1.82 bits per heavy atom. The molecular weight excluding hydrogens is 552 g/mol. The van der Waals surface area contributed by atoms with Crippen molar-refractivity contribution >= 4 is 33.4 Å². The molecule has 3 aromatic carbocycles. The van der Waals surface area contributed by atoms with E-state index in [4.69, 9.17) is 14.1 Å². The van der Waals surface area contributed by atoms with Gasteiger partial charge in [-0.2, -0.15) is 0 Å². The minimum Gasteiger partial charge on any atom is -0.497 e. The third kappa shape index (κ3) is 6.44. The lowest BCUT2D eigenvalue weighted by molar-refractivity contribution is -0.121. The molecule has 0 saturated carbocycles. The summed E-state index contributed by atoms with van der Waals surface area (Å²) < 4.78 is 10.6. The quantitative estimate of drug-likeness (QED) is 0.0939. The zero-order valence-electron chi connectivity index (χ0n) is 25.0. The smallest absolute Gasteiger partial charge is 0.225 e. The summed E-state index contributed by atoms with van der Waals surface area (Å²) in [4.78, 5) is 37.4. The Labute approximate surface area is 255 Å². The van der Waals surface area contributed by atoms with E-state index < -0.39 is 0 Å². The van der Waals surface area contributed by atoms with Gasteiger partial charge in [-0.15, -0.1) is 0 Å². The van der Waals surface area contributed by atoms with E-state index >= 15 is 0 Å². The molecule has 6 aromatic rings. The molecule has 44 heavy (non-hydrogen) atoms. The molecule has 8 nitrogen and oxygen atoms in total. The maximum absolute atomic E-state index is 13.5. The molecule has 0 radical (unpaired) electrons. The molecule has 3 heterocycles. The van der Waals surface area contributed by atoms with Crippen LogP contribution in [0.1, 0.15) is 65.8 Å². The summed E-state index contributed by atoms with van der Waals surface area (Å²) in [5, 5.41) is 6.56. The van der Waals surface area contributed by atoms with Crippen molar-refractivity contribution < 1.29 is 18.7 Å². The zero-order valence-corrected chi connectivity index (χ0v) is 25.0. The van der Waals surface area contributed by atoms with Crippen LogP contribution < -0.4 is 10.1 Å². The summed E-state index contributed by atoms with van der Waals surface area (Å²) in [6, 6.07) is 23.5. The third-order valence-electron chi connectivity index (χ3n) is 8.18. The number of furan rings is 1. The number of rotatable bonds is 13. The second-order valence-electron chi connectivity index (χ2n) is 11.2. The summed E-state index contributed by atoms with van der Waals surface area (Å²) in [6.45, 7) is 1.99. The van der Waals surface area contributed by atoms with Gasteiger partial charge in [-0.1, -0.05) is 49.2 Å². The summed E-state index contributed by atoms with van der Waals surface area (Å²) in [6.07, 6.45) is 7.11. The number of aryl methyl sites for hydroxylation is 1. The van der Waals surface area contributed by atoms with Crippen molar-refractivity contribution in [3.05, 3.63) is 108 Å². The normalized spacial score (nSPS) is 12.0. The molecule has 0 aliphatic heterocycles. The van der Waals surface area contributed by atoms with E-state index in [0.717, 1.165) is 63.8 Å². The van der Waals surface area contributed by atoms with Crippen LogP contribution in [0.15, 0.2) is 89.7 Å². The molecule has 0 spiro atoms. The number of unbranched alkanes of at least 4 members (excludes halogenated alkanes) is 2. The molecule has 0 saturated heterocycles. The van der Waals surface area contributed by atoms with E-state index in [1.165, 1.54) is 11.6 Å². The van der Waals surface area contributed by atoms with Crippen LogP contribution in [0.5, 0.6) is 5.75 Å². The van der Waals surface area contributed by atoms with Gasteiger partial charge in [0, 0.05) is 28.6 Å². The van der Waals surface area contributed by atoms with Gasteiger partial charge < -0.3 is 24.4 Å². The SMILES string of the molecule is COc1ccc2[nH]c(C)c(CC(=O)N[C@@H](CCCCCC(=O)c3ccco3)c3ncc(-c4ccc5ccccc5c4)[nH]3)c2c1. The second-order valence-corrected chi connectivity index (χ2v) is 11.2. The van der Waals surface area contributed by atoms with Crippen molar-refractivity contribution in [1.29, 1.82) is 0 Å². The number of H-pyrrole nitrogens is 2. The highest BCUT2D eigenvalue weighted by atomic mass is 16.5. The first-order valence-corrected chi connectivity index (χ1v) is 15.0. The van der Waals surface area contributed by atoms with Gasteiger partial charge in [-0.3, -0.25) is 9.59 Å². The largest absolute Gasteiger partial charge is 0.497 e. The highest BCUT2D eigenvalue weighted by molar-refractivity contribution is 5.93. The molecule has 0 aliphatic rings. The Bertz CT molecular complexity index is 1900. The number of fused-ring (bicyclic) bond motifs is 2. The molecule has 1 atom stereocenters. The van der Waals surface area contributed by atoms with Crippen molar-refractivity contribution in [2.75, 3.05) is 7.11 Å². The lowest BCUT2D eigenvalue weighted by Crippen LogP contribution is -2.30. The molecule has 0 fully saturated rings. The number of Topliss-reactive ketones (excluding diaryl/α,β-unsaturated/α-hetero) is 1. The van der Waals surface area contributed by atoms with Gasteiger partial charge in [0.1, 0.15) is 11.6 Å². The summed E-state index contributed by atoms with van der Waals surface area (Å²) in [5.41, 5.74) is 4.81. The zero-order chi connectivity index (χ0) is 30.5. The van der Waals surface area contributed by atoms with E-state index in [-0.39, 0.29) is 24.2 Å². The van der Waals surface area contributed by atoms with Crippen LogP contribution in [0, 0.1) is 6.92 Å². The van der Waals surface area contributed by atoms with Gasteiger partial charge >= 0.3 is 0 Å². The number of benzene rings is 3. The van der Waals surface area contributed by atoms with Crippen molar-refractivity contribution in [2.24, 2.45) is 0 Å². The Balaban J connectivity index is 1.17. The molecule has 0 bridgehead atoms. The molecule has 0 unspecified atom stereocenters. The fourth-order valence-corrected chi connectivity index (χ4v) is 5.79. The Morgan fingerprint density at radius 3 is 2.64 bits per heavy atom. The van der Waals surface area contributed by atoms with Crippen LogP contribution in [0.2, 0.25) is 0 Å². The summed E-state index contributed by atoms with van der Waals surface area (Å²) in [5.74, 6) is 1.79. The summed E-state index contributed by atoms with van der Waals surface area (Å²) in [7, 11) is 1.64. The average molecular weight is 589 g/mol. The molecule has 8 heteroatoms. The minimum atomic E-state index is -0.308. The number of carbonyl (C=O) groups is 2. The van der Waals surface area contributed by atoms with Crippen molar-refractivity contribution in [1.82, 2.24) is 20.3 Å².